The van der Waals surface area contributed by atoms with Crippen LogP contribution < -0.4 is 16.2 Å². The van der Waals surface area contributed by atoms with Crippen LogP contribution in [0, 0.1) is 0 Å². The Labute approximate surface area is 183 Å². The van der Waals surface area contributed by atoms with Crippen molar-refractivity contribution in [1.29, 1.82) is 0 Å². The van der Waals surface area contributed by atoms with Crippen molar-refractivity contribution >= 4 is 28.8 Å². The van der Waals surface area contributed by atoms with E-state index in [0.29, 0.717) is 22.4 Å². The van der Waals surface area contributed by atoms with Crippen molar-refractivity contribution in [3.8, 4) is 5.75 Å². The zero-order chi connectivity index (χ0) is 21.5. The SMILES string of the molecule is CCCC/C(=C\Cn1oc(=O)[nH]c1=O)c1cccc(OCc2cc(Cl)cc(Cl)c2)c1. The highest BCUT2D eigenvalue weighted by Crippen LogP contribution is 2.26. The first-order valence-corrected chi connectivity index (χ1v) is 10.4. The summed E-state index contributed by atoms with van der Waals surface area (Å²) in [6.07, 6.45) is 4.74. The molecule has 0 aliphatic heterocycles. The Balaban J connectivity index is 1.78. The summed E-state index contributed by atoms with van der Waals surface area (Å²) in [5, 5.41) is 1.12. The maximum Gasteiger partial charge on any atom is 0.440 e. The van der Waals surface area contributed by atoms with E-state index in [9.17, 15) is 9.59 Å². The van der Waals surface area contributed by atoms with Crippen LogP contribution in [0.25, 0.3) is 5.57 Å². The van der Waals surface area contributed by atoms with E-state index in [0.717, 1.165) is 40.7 Å². The Morgan fingerprint density at radius 1 is 1.17 bits per heavy atom. The maximum atomic E-state index is 11.7. The number of ether oxygens (including phenoxy) is 1. The predicted molar refractivity (Wildman–Crippen MR) is 118 cm³/mol. The first-order chi connectivity index (χ1) is 14.4. The summed E-state index contributed by atoms with van der Waals surface area (Å²) in [5.74, 6) is -0.0589. The monoisotopic (exact) mass is 448 g/mol. The summed E-state index contributed by atoms with van der Waals surface area (Å²) in [6, 6.07) is 13.0. The van der Waals surface area contributed by atoms with Gasteiger partial charge in [-0.05, 0) is 59.9 Å². The Hall–Kier alpha value is -2.70. The van der Waals surface area contributed by atoms with Gasteiger partial charge in [-0.3, -0.25) is 0 Å². The van der Waals surface area contributed by atoms with Gasteiger partial charge in [-0.2, -0.15) is 0 Å². The van der Waals surface area contributed by atoms with Gasteiger partial charge < -0.3 is 9.26 Å². The molecule has 0 atom stereocenters. The van der Waals surface area contributed by atoms with Crippen LogP contribution >= 0.6 is 23.2 Å². The molecule has 3 rings (SSSR count). The van der Waals surface area contributed by atoms with Gasteiger partial charge in [0, 0.05) is 10.0 Å². The number of allylic oxidation sites excluding steroid dienone is 2. The zero-order valence-corrected chi connectivity index (χ0v) is 18.0. The van der Waals surface area contributed by atoms with E-state index < -0.39 is 11.4 Å². The lowest BCUT2D eigenvalue weighted by atomic mass is 9.99. The number of nitrogens with zero attached hydrogens (tertiary/aromatic N) is 1. The third-order valence-electron chi connectivity index (χ3n) is 4.46. The number of halogens is 2. The van der Waals surface area contributed by atoms with E-state index in [1.54, 1.807) is 6.07 Å². The van der Waals surface area contributed by atoms with Crippen molar-refractivity contribution in [1.82, 2.24) is 9.72 Å². The standard InChI is InChI=1S/C22H22Cl2N2O4/c1-2-3-5-16(8-9-26-21(27)25-22(28)30-26)17-6-4-7-20(12-17)29-14-15-10-18(23)13-19(24)11-15/h4,6-8,10-13H,2-3,5,9,14H2,1H3,(H,25,27,28)/b16-8+. The lowest BCUT2D eigenvalue weighted by Gasteiger charge is -2.11. The summed E-state index contributed by atoms with van der Waals surface area (Å²) >= 11 is 12.1. The van der Waals surface area contributed by atoms with Crippen LogP contribution in [-0.4, -0.2) is 9.72 Å². The van der Waals surface area contributed by atoms with E-state index in [1.165, 1.54) is 0 Å². The highest BCUT2D eigenvalue weighted by Gasteiger charge is 2.07. The van der Waals surface area contributed by atoms with E-state index in [1.807, 2.05) is 42.5 Å². The Kier molecular flexibility index (Phi) is 7.60. The van der Waals surface area contributed by atoms with Crippen molar-refractivity contribution in [2.24, 2.45) is 0 Å². The molecule has 0 radical (unpaired) electrons. The number of hydrogen-bond acceptors (Lipinski definition) is 4. The molecule has 30 heavy (non-hydrogen) atoms. The molecular weight excluding hydrogens is 427 g/mol. The summed E-state index contributed by atoms with van der Waals surface area (Å²) in [5.41, 5.74) is 2.34. The molecule has 8 heteroatoms. The van der Waals surface area contributed by atoms with Crippen LogP contribution in [0.4, 0.5) is 0 Å². The molecule has 0 amide bonds. The fourth-order valence-electron chi connectivity index (χ4n) is 3.01. The van der Waals surface area contributed by atoms with E-state index in [2.05, 4.69) is 11.9 Å². The second-order valence-electron chi connectivity index (χ2n) is 6.80. The number of rotatable bonds is 9. The molecule has 1 heterocycles. The molecule has 0 spiro atoms. The molecule has 0 bridgehead atoms. The van der Waals surface area contributed by atoms with Crippen molar-refractivity contribution in [2.45, 2.75) is 39.3 Å². The molecular formula is C22H22Cl2N2O4. The minimum atomic E-state index is -0.764. The molecule has 3 aromatic rings. The summed E-state index contributed by atoms with van der Waals surface area (Å²) in [6.45, 7) is 2.62. The summed E-state index contributed by atoms with van der Waals surface area (Å²) < 4.78 is 11.8. The highest BCUT2D eigenvalue weighted by molar-refractivity contribution is 6.34. The first kappa shape index (κ1) is 22.0. The van der Waals surface area contributed by atoms with Gasteiger partial charge >= 0.3 is 11.4 Å². The van der Waals surface area contributed by atoms with Crippen LogP contribution in [0.3, 0.4) is 0 Å². The third kappa shape index (κ3) is 6.15. The van der Waals surface area contributed by atoms with Crippen LogP contribution in [0.15, 0.2) is 62.7 Å². The van der Waals surface area contributed by atoms with Crippen molar-refractivity contribution in [2.75, 3.05) is 0 Å². The second-order valence-corrected chi connectivity index (χ2v) is 7.67. The molecule has 0 fully saturated rings. The number of nitrogens with one attached hydrogen (secondary N) is 1. The first-order valence-electron chi connectivity index (χ1n) is 9.62. The molecule has 0 saturated heterocycles. The van der Waals surface area contributed by atoms with E-state index in [-0.39, 0.29) is 6.54 Å². The molecule has 2 aromatic carbocycles. The van der Waals surface area contributed by atoms with E-state index in [4.69, 9.17) is 32.5 Å². The van der Waals surface area contributed by atoms with Gasteiger partial charge in [0.15, 0.2) is 0 Å². The second kappa shape index (κ2) is 10.4. The highest BCUT2D eigenvalue weighted by atomic mass is 35.5. The fraction of sp³-hybridized carbons (Fsp3) is 0.273. The number of hydrogen-bond donors (Lipinski definition) is 1. The average Bonchev–Trinajstić information content (AvgIpc) is 3.03. The minimum Gasteiger partial charge on any atom is -0.489 e. The molecule has 0 aliphatic rings. The number of benzene rings is 2. The molecule has 1 N–H and O–H groups in total. The molecule has 0 aliphatic carbocycles. The predicted octanol–water partition coefficient (Wildman–Crippen LogP) is 5.29. The van der Waals surface area contributed by atoms with Crippen LogP contribution in [0.2, 0.25) is 10.0 Å². The fourth-order valence-corrected chi connectivity index (χ4v) is 3.58. The van der Waals surface area contributed by atoms with Crippen LogP contribution in [0.1, 0.15) is 37.3 Å². The lowest BCUT2D eigenvalue weighted by molar-refractivity contribution is 0.261. The van der Waals surface area contributed by atoms with Gasteiger partial charge in [0.2, 0.25) is 0 Å². The summed E-state index contributed by atoms with van der Waals surface area (Å²) in [7, 11) is 0. The van der Waals surface area contributed by atoms with Gasteiger partial charge in [-0.25, -0.2) is 14.6 Å². The zero-order valence-electron chi connectivity index (χ0n) is 16.5. The molecule has 158 valence electrons. The maximum absolute atomic E-state index is 11.7. The van der Waals surface area contributed by atoms with Gasteiger partial charge in [-0.1, -0.05) is 54.8 Å². The molecule has 0 saturated carbocycles. The summed E-state index contributed by atoms with van der Waals surface area (Å²) in [4.78, 5) is 24.9. The van der Waals surface area contributed by atoms with Crippen LogP contribution in [-0.2, 0) is 13.2 Å². The Morgan fingerprint density at radius 2 is 1.93 bits per heavy atom. The smallest absolute Gasteiger partial charge is 0.440 e. The quantitative estimate of drug-likeness (QED) is 0.482. The average molecular weight is 449 g/mol. The van der Waals surface area contributed by atoms with E-state index >= 15 is 0 Å². The number of aromatic nitrogens is 2. The van der Waals surface area contributed by atoms with Gasteiger partial charge in [0.1, 0.15) is 12.4 Å². The van der Waals surface area contributed by atoms with Crippen molar-refractivity contribution in [3.05, 3.63) is 90.7 Å². The van der Waals surface area contributed by atoms with Gasteiger partial charge in [-0.15, -0.1) is 4.74 Å². The normalized spacial score (nSPS) is 11.6. The number of H-pyrrole nitrogens is 1. The Bertz CT molecular complexity index is 1120. The van der Waals surface area contributed by atoms with Crippen LogP contribution in [0.5, 0.6) is 5.75 Å². The lowest BCUT2D eigenvalue weighted by Crippen LogP contribution is -2.16. The number of unbranched alkanes of at least 4 members (excludes halogenated alkanes) is 1. The molecule has 6 nitrogen and oxygen atoms in total. The Morgan fingerprint density at radius 3 is 2.60 bits per heavy atom. The molecule has 1 aromatic heterocycles. The largest absolute Gasteiger partial charge is 0.489 e. The number of aromatic amines is 1. The third-order valence-corrected chi connectivity index (χ3v) is 4.90. The topological polar surface area (TPSA) is 77.2 Å². The van der Waals surface area contributed by atoms with Crippen molar-refractivity contribution in [3.63, 3.8) is 0 Å². The minimum absolute atomic E-state index is 0.169. The van der Waals surface area contributed by atoms with Gasteiger partial charge in [0.05, 0.1) is 6.54 Å². The van der Waals surface area contributed by atoms with Crippen molar-refractivity contribution < 1.29 is 9.26 Å². The molecule has 0 unspecified atom stereocenters. The van der Waals surface area contributed by atoms with Gasteiger partial charge in [0.25, 0.3) is 0 Å².